The van der Waals surface area contributed by atoms with E-state index in [1.807, 2.05) is 0 Å². The zero-order valence-corrected chi connectivity index (χ0v) is 14.0. The quantitative estimate of drug-likeness (QED) is 0.835. The predicted molar refractivity (Wildman–Crippen MR) is 87.5 cm³/mol. The first-order valence-electron chi connectivity index (χ1n) is 8.77. The number of hydrogen-bond donors (Lipinski definition) is 0. The van der Waals surface area contributed by atoms with Crippen LogP contribution < -0.4 is 5.56 Å². The molecule has 2 aromatic heterocycles. The maximum atomic E-state index is 12.3. The molecule has 0 radical (unpaired) electrons. The summed E-state index contributed by atoms with van der Waals surface area (Å²) in [5, 5.41) is 3.68. The Morgan fingerprint density at radius 2 is 2.04 bits per heavy atom. The lowest BCUT2D eigenvalue weighted by atomic mass is 9.95. The van der Waals surface area contributed by atoms with Crippen LogP contribution >= 0.6 is 0 Å². The van der Waals surface area contributed by atoms with Crippen LogP contribution in [0.3, 0.4) is 0 Å². The van der Waals surface area contributed by atoms with E-state index in [1.54, 1.807) is 17.0 Å². The van der Waals surface area contributed by atoms with Crippen molar-refractivity contribution in [1.29, 1.82) is 0 Å². The fraction of sp³-hybridized carbons (Fsp3) is 0.647. The molecule has 1 aliphatic heterocycles. The van der Waals surface area contributed by atoms with Crippen LogP contribution in [0.25, 0.3) is 0 Å². The van der Waals surface area contributed by atoms with Crippen molar-refractivity contribution < 1.29 is 4.52 Å². The molecule has 2 aromatic rings. The summed E-state index contributed by atoms with van der Waals surface area (Å²) in [6.07, 6.45) is 7.66. The molecular weight excluding hydrogens is 306 g/mol. The highest BCUT2D eigenvalue weighted by Gasteiger charge is 2.27. The number of nitrogens with zero attached hydrogens (tertiary/aromatic N) is 5. The van der Waals surface area contributed by atoms with Crippen molar-refractivity contribution in [3.05, 3.63) is 40.7 Å². The van der Waals surface area contributed by atoms with Crippen LogP contribution in [-0.2, 0) is 6.54 Å². The highest BCUT2D eigenvalue weighted by atomic mass is 16.5. The van der Waals surface area contributed by atoms with Gasteiger partial charge in [-0.05, 0) is 51.6 Å². The van der Waals surface area contributed by atoms with E-state index in [1.165, 1.54) is 19.2 Å². The maximum Gasteiger partial charge on any atom is 0.253 e. The third-order valence-electron chi connectivity index (χ3n) is 5.28. The fourth-order valence-electron chi connectivity index (χ4n) is 3.50. The lowest BCUT2D eigenvalue weighted by molar-refractivity contribution is 0.113. The minimum Gasteiger partial charge on any atom is -0.338 e. The summed E-state index contributed by atoms with van der Waals surface area (Å²) < 4.78 is 6.94. The Kier molecular flexibility index (Phi) is 4.18. The summed E-state index contributed by atoms with van der Waals surface area (Å²) in [7, 11) is 0. The second kappa shape index (κ2) is 6.47. The van der Waals surface area contributed by atoms with Gasteiger partial charge in [-0.3, -0.25) is 14.3 Å². The van der Waals surface area contributed by atoms with Gasteiger partial charge in [0.25, 0.3) is 5.56 Å². The summed E-state index contributed by atoms with van der Waals surface area (Å²) in [6, 6.07) is 1.88. The molecule has 2 aliphatic rings. The standard InChI is InChI=1S/C17H23N5O2/c1-12(17-18-10-20-24-17)21-6-4-13(5-7-21)9-22-11-19-15(8-16(22)23)14-2-3-14/h8,10-14H,2-7,9H2,1H3. The SMILES string of the molecule is CC(c1ncno1)N1CCC(Cn2cnc(C3CC3)cc2=O)CC1. The Balaban J connectivity index is 1.34. The van der Waals surface area contributed by atoms with Crippen LogP contribution in [0.5, 0.6) is 0 Å². The first-order chi connectivity index (χ1) is 11.7. The van der Waals surface area contributed by atoms with Crippen LogP contribution in [-0.4, -0.2) is 37.7 Å². The van der Waals surface area contributed by atoms with Crippen molar-refractivity contribution in [3.8, 4) is 0 Å². The Bertz CT molecular complexity index is 730. The minimum absolute atomic E-state index is 0.0913. The number of likely N-dealkylation sites (tertiary alicyclic amines) is 1. The predicted octanol–water partition coefficient (Wildman–Crippen LogP) is 1.98. The zero-order chi connectivity index (χ0) is 16.5. The molecular formula is C17H23N5O2. The normalized spacial score (nSPS) is 21.0. The van der Waals surface area contributed by atoms with Gasteiger partial charge in [0, 0.05) is 18.5 Å². The highest BCUT2D eigenvalue weighted by molar-refractivity contribution is 5.12. The van der Waals surface area contributed by atoms with Crippen LogP contribution in [0.15, 0.2) is 28.0 Å². The van der Waals surface area contributed by atoms with Crippen molar-refractivity contribution in [3.63, 3.8) is 0 Å². The molecule has 0 aromatic carbocycles. The van der Waals surface area contributed by atoms with Gasteiger partial charge in [-0.25, -0.2) is 4.98 Å². The minimum atomic E-state index is 0.0913. The van der Waals surface area contributed by atoms with Gasteiger partial charge >= 0.3 is 0 Å². The van der Waals surface area contributed by atoms with Crippen molar-refractivity contribution in [2.24, 2.45) is 5.92 Å². The Morgan fingerprint density at radius 3 is 2.67 bits per heavy atom. The van der Waals surface area contributed by atoms with E-state index in [0.717, 1.165) is 38.2 Å². The second-order valence-electron chi connectivity index (χ2n) is 7.01. The van der Waals surface area contributed by atoms with E-state index < -0.39 is 0 Å². The second-order valence-corrected chi connectivity index (χ2v) is 7.01. The van der Waals surface area contributed by atoms with Gasteiger partial charge in [0.05, 0.1) is 18.1 Å². The molecule has 24 heavy (non-hydrogen) atoms. The van der Waals surface area contributed by atoms with Crippen LogP contribution in [0.2, 0.25) is 0 Å². The summed E-state index contributed by atoms with van der Waals surface area (Å²) >= 11 is 0. The molecule has 1 saturated heterocycles. The lowest BCUT2D eigenvalue weighted by Crippen LogP contribution is -2.38. The molecule has 2 fully saturated rings. The average Bonchev–Trinajstić information content (AvgIpc) is 3.31. The molecule has 0 amide bonds. The summed E-state index contributed by atoms with van der Waals surface area (Å²) in [5.74, 6) is 1.72. The molecule has 1 saturated carbocycles. The largest absolute Gasteiger partial charge is 0.338 e. The molecule has 7 nitrogen and oxygen atoms in total. The smallest absolute Gasteiger partial charge is 0.253 e. The van der Waals surface area contributed by atoms with Gasteiger partial charge < -0.3 is 4.52 Å². The molecule has 0 N–H and O–H groups in total. The maximum absolute atomic E-state index is 12.3. The van der Waals surface area contributed by atoms with Crippen molar-refractivity contribution in [2.45, 2.75) is 51.1 Å². The summed E-state index contributed by atoms with van der Waals surface area (Å²) in [6.45, 7) is 4.82. The third-order valence-corrected chi connectivity index (χ3v) is 5.28. The van der Waals surface area contributed by atoms with Crippen molar-refractivity contribution in [2.75, 3.05) is 13.1 Å². The zero-order valence-electron chi connectivity index (χ0n) is 14.0. The Labute approximate surface area is 140 Å². The summed E-state index contributed by atoms with van der Waals surface area (Å²) in [4.78, 5) is 23.2. The molecule has 1 unspecified atom stereocenters. The van der Waals surface area contributed by atoms with Crippen molar-refractivity contribution >= 4 is 0 Å². The molecule has 1 atom stereocenters. The monoisotopic (exact) mass is 329 g/mol. The molecule has 1 aliphatic carbocycles. The van der Waals surface area contributed by atoms with E-state index in [-0.39, 0.29) is 11.6 Å². The topological polar surface area (TPSA) is 77.1 Å². The third kappa shape index (κ3) is 3.26. The molecule has 7 heteroatoms. The molecule has 4 rings (SSSR count). The Morgan fingerprint density at radius 1 is 1.25 bits per heavy atom. The van der Waals surface area contributed by atoms with Gasteiger partial charge in [0.1, 0.15) is 0 Å². The van der Waals surface area contributed by atoms with Crippen LogP contribution in [0.4, 0.5) is 0 Å². The summed E-state index contributed by atoms with van der Waals surface area (Å²) in [5.41, 5.74) is 1.06. The van der Waals surface area contributed by atoms with E-state index in [4.69, 9.17) is 4.52 Å². The first-order valence-corrected chi connectivity index (χ1v) is 8.77. The molecule has 3 heterocycles. The Hall–Kier alpha value is -2.02. The number of piperidine rings is 1. The molecule has 0 bridgehead atoms. The molecule has 128 valence electrons. The van der Waals surface area contributed by atoms with E-state index >= 15 is 0 Å². The number of rotatable bonds is 5. The van der Waals surface area contributed by atoms with E-state index in [9.17, 15) is 4.79 Å². The first kappa shape index (κ1) is 15.5. The van der Waals surface area contributed by atoms with E-state index in [2.05, 4.69) is 26.9 Å². The highest BCUT2D eigenvalue weighted by Crippen LogP contribution is 2.38. The average molecular weight is 329 g/mol. The molecule has 0 spiro atoms. The lowest BCUT2D eigenvalue weighted by Gasteiger charge is -2.34. The van der Waals surface area contributed by atoms with Gasteiger partial charge in [0.15, 0.2) is 6.33 Å². The van der Waals surface area contributed by atoms with Gasteiger partial charge in [-0.15, -0.1) is 0 Å². The van der Waals surface area contributed by atoms with Crippen LogP contribution in [0, 0.1) is 5.92 Å². The van der Waals surface area contributed by atoms with Crippen LogP contribution in [0.1, 0.15) is 56.2 Å². The fourth-order valence-corrected chi connectivity index (χ4v) is 3.50. The van der Waals surface area contributed by atoms with Gasteiger partial charge in [0.2, 0.25) is 5.89 Å². The number of aromatic nitrogens is 4. The van der Waals surface area contributed by atoms with E-state index in [0.29, 0.717) is 17.7 Å². The van der Waals surface area contributed by atoms with Gasteiger partial charge in [-0.2, -0.15) is 4.98 Å². The van der Waals surface area contributed by atoms with Gasteiger partial charge in [-0.1, -0.05) is 5.16 Å². The number of hydrogen-bond acceptors (Lipinski definition) is 6. The van der Waals surface area contributed by atoms with Crippen molar-refractivity contribution in [1.82, 2.24) is 24.6 Å².